The molecule has 0 bridgehead atoms. The number of nitrogens with zero attached hydrogens (tertiary/aromatic N) is 3. The molecule has 1 amide bonds. The quantitative estimate of drug-likeness (QED) is 0.223. The molecule has 2 rings (SSSR count). The predicted octanol–water partition coefficient (Wildman–Crippen LogP) is 7.12. The molecule has 0 fully saturated rings. The van der Waals surface area contributed by atoms with Gasteiger partial charge in [0.15, 0.2) is 0 Å². The van der Waals surface area contributed by atoms with Crippen molar-refractivity contribution in [2.24, 2.45) is 10.2 Å². The van der Waals surface area contributed by atoms with Gasteiger partial charge in [0, 0.05) is 30.2 Å². The number of aryl methyl sites for hydroxylation is 1. The summed E-state index contributed by atoms with van der Waals surface area (Å²) >= 11 is 3.50. The highest BCUT2D eigenvalue weighted by atomic mass is 79.9. The minimum atomic E-state index is -3.62. The Morgan fingerprint density at radius 1 is 1.03 bits per heavy atom. The molecule has 2 aromatic carbocycles. The van der Waals surface area contributed by atoms with Crippen molar-refractivity contribution in [3.63, 3.8) is 0 Å². The van der Waals surface area contributed by atoms with Crippen LogP contribution < -0.4 is 15.5 Å². The second kappa shape index (κ2) is 13.1. The van der Waals surface area contributed by atoms with Crippen molar-refractivity contribution in [2.75, 3.05) is 36.5 Å². The highest BCUT2D eigenvalue weighted by molar-refractivity contribution is 9.10. The molecular weight excluding hydrogens is 519 g/mol. The van der Waals surface area contributed by atoms with E-state index in [2.05, 4.69) is 50.2 Å². The van der Waals surface area contributed by atoms with Crippen LogP contribution in [0.4, 0.5) is 22.7 Å². The number of carbonyl (C=O) groups excluding carboxylic acids is 1. The summed E-state index contributed by atoms with van der Waals surface area (Å²) in [5.74, 6) is -0.205. The van der Waals surface area contributed by atoms with Crippen LogP contribution in [-0.2, 0) is 24.8 Å². The summed E-state index contributed by atoms with van der Waals surface area (Å²) in [5, 5.41) is 12.2. The van der Waals surface area contributed by atoms with Crippen molar-refractivity contribution >= 4 is 57.5 Å². The molecule has 0 aliphatic heterocycles. The zero-order valence-electron chi connectivity index (χ0n) is 20.7. The lowest BCUT2D eigenvalue weighted by Crippen LogP contribution is -2.21. The molecule has 0 radical (unpaired) electrons. The average molecular weight is 553 g/mol. The molecular formula is C24H34BrN4O4P. The third kappa shape index (κ3) is 6.98. The van der Waals surface area contributed by atoms with E-state index in [4.69, 9.17) is 9.05 Å². The number of amides is 1. The van der Waals surface area contributed by atoms with Gasteiger partial charge in [0.25, 0.3) is 0 Å². The van der Waals surface area contributed by atoms with Gasteiger partial charge in [-0.15, -0.1) is 10.2 Å². The Hall–Kier alpha value is -2.06. The Labute approximate surface area is 210 Å². The molecule has 8 nitrogen and oxygen atoms in total. The van der Waals surface area contributed by atoms with Crippen LogP contribution in [-0.4, -0.2) is 32.2 Å². The number of azo groups is 1. The van der Waals surface area contributed by atoms with Crippen molar-refractivity contribution in [3.05, 3.63) is 40.4 Å². The van der Waals surface area contributed by atoms with Gasteiger partial charge in [-0.05, 0) is 70.0 Å². The first-order chi connectivity index (χ1) is 16.2. The number of nitrogens with one attached hydrogen (secondary N) is 1. The molecule has 0 saturated heterocycles. The Bertz CT molecular complexity index is 1060. The predicted molar refractivity (Wildman–Crippen MR) is 142 cm³/mol. The molecule has 186 valence electrons. The summed E-state index contributed by atoms with van der Waals surface area (Å²) in [4.78, 5) is 14.0. The van der Waals surface area contributed by atoms with Crippen molar-refractivity contribution in [3.8, 4) is 0 Å². The molecule has 0 aliphatic rings. The van der Waals surface area contributed by atoms with Crippen LogP contribution in [0, 0.1) is 0 Å². The highest BCUT2D eigenvalue weighted by Gasteiger charge is 2.31. The van der Waals surface area contributed by atoms with Crippen LogP contribution in [0.3, 0.4) is 0 Å². The Morgan fingerprint density at radius 3 is 2.21 bits per heavy atom. The first-order valence-corrected chi connectivity index (χ1v) is 13.9. The molecule has 0 spiro atoms. The molecule has 0 saturated carbocycles. The lowest BCUT2D eigenvalue weighted by molar-refractivity contribution is -0.114. The molecule has 2 aromatic rings. The summed E-state index contributed by atoms with van der Waals surface area (Å²) in [6.07, 6.45) is 0.637. The fourth-order valence-corrected chi connectivity index (χ4v) is 6.00. The monoisotopic (exact) mass is 552 g/mol. The van der Waals surface area contributed by atoms with E-state index in [1.807, 2.05) is 31.2 Å². The Balaban J connectivity index is 2.66. The summed E-state index contributed by atoms with van der Waals surface area (Å²) in [7, 11) is -3.62. The molecule has 0 unspecified atom stereocenters. The number of hydrogen-bond donors (Lipinski definition) is 1. The van der Waals surface area contributed by atoms with Crippen molar-refractivity contribution in [1.29, 1.82) is 0 Å². The van der Waals surface area contributed by atoms with E-state index in [1.165, 1.54) is 6.92 Å². The Morgan fingerprint density at radius 2 is 1.68 bits per heavy atom. The second-order valence-corrected chi connectivity index (χ2v) is 10.3. The maximum absolute atomic E-state index is 13.6. The zero-order chi connectivity index (χ0) is 25.3. The maximum atomic E-state index is 13.6. The van der Waals surface area contributed by atoms with Crippen LogP contribution in [0.25, 0.3) is 0 Å². The van der Waals surface area contributed by atoms with Crippen molar-refractivity contribution < 1.29 is 18.4 Å². The number of anilines is 2. The second-order valence-electron chi connectivity index (χ2n) is 7.37. The van der Waals surface area contributed by atoms with Crippen LogP contribution in [0.2, 0.25) is 0 Å². The van der Waals surface area contributed by atoms with Crippen LogP contribution in [0.15, 0.2) is 45.0 Å². The van der Waals surface area contributed by atoms with Crippen molar-refractivity contribution in [1.82, 2.24) is 0 Å². The largest absolute Gasteiger partial charge is 0.372 e. The third-order valence-electron chi connectivity index (χ3n) is 5.08. The van der Waals surface area contributed by atoms with Gasteiger partial charge >= 0.3 is 7.60 Å². The number of carbonyl (C=O) groups is 1. The van der Waals surface area contributed by atoms with Gasteiger partial charge in [0.05, 0.1) is 24.2 Å². The maximum Gasteiger partial charge on any atom is 0.363 e. The molecule has 34 heavy (non-hydrogen) atoms. The standard InChI is InChI=1S/C24H34BrN4O4P/c1-7-18-14-19(25)15-23(34(31,32-10-4)33-11-5)24(18)28-27-21-13-12-20(29(8-2)9-3)16-22(21)26-17(6)30/h12-16H,7-11H2,1-6H3,(H,26,30). The normalized spacial score (nSPS) is 11.7. The summed E-state index contributed by atoms with van der Waals surface area (Å²) in [6, 6.07) is 9.27. The first kappa shape index (κ1) is 28.2. The molecule has 0 heterocycles. The minimum absolute atomic E-state index is 0.205. The van der Waals surface area contributed by atoms with Gasteiger partial charge in [-0.25, -0.2) is 0 Å². The molecule has 10 heteroatoms. The minimum Gasteiger partial charge on any atom is -0.372 e. The summed E-state index contributed by atoms with van der Waals surface area (Å²) in [5.41, 5.74) is 3.30. The van der Waals surface area contributed by atoms with Gasteiger partial charge < -0.3 is 19.3 Å². The van der Waals surface area contributed by atoms with E-state index in [0.717, 1.165) is 28.8 Å². The number of hydrogen-bond acceptors (Lipinski definition) is 7. The van der Waals surface area contributed by atoms with Gasteiger partial charge in [-0.1, -0.05) is 22.9 Å². The summed E-state index contributed by atoms with van der Waals surface area (Å²) < 4.78 is 25.6. The van der Waals surface area contributed by atoms with E-state index < -0.39 is 7.60 Å². The molecule has 0 aromatic heterocycles. The number of halogens is 1. The van der Waals surface area contributed by atoms with E-state index in [-0.39, 0.29) is 19.1 Å². The fraction of sp³-hybridized carbons (Fsp3) is 0.458. The van der Waals surface area contributed by atoms with Gasteiger partial charge in [-0.2, -0.15) is 0 Å². The number of rotatable bonds is 12. The molecule has 0 atom stereocenters. The SMILES string of the molecule is CCOP(=O)(OCC)c1cc(Br)cc(CC)c1N=Nc1ccc(N(CC)CC)cc1NC(C)=O. The van der Waals surface area contributed by atoms with Crippen LogP contribution in [0.1, 0.15) is 47.1 Å². The van der Waals surface area contributed by atoms with E-state index >= 15 is 0 Å². The topological polar surface area (TPSA) is 92.6 Å². The van der Waals surface area contributed by atoms with Crippen LogP contribution in [0.5, 0.6) is 0 Å². The van der Waals surface area contributed by atoms with E-state index in [0.29, 0.717) is 28.8 Å². The smallest absolute Gasteiger partial charge is 0.363 e. The third-order valence-corrected chi connectivity index (χ3v) is 7.67. The highest BCUT2D eigenvalue weighted by Crippen LogP contribution is 2.50. The van der Waals surface area contributed by atoms with Gasteiger partial charge in [0.1, 0.15) is 11.4 Å². The van der Waals surface area contributed by atoms with E-state index in [1.54, 1.807) is 19.9 Å². The molecule has 1 N–H and O–H groups in total. The van der Waals surface area contributed by atoms with E-state index in [9.17, 15) is 9.36 Å². The lowest BCUT2D eigenvalue weighted by atomic mass is 10.1. The molecule has 0 aliphatic carbocycles. The van der Waals surface area contributed by atoms with Gasteiger partial charge in [0.2, 0.25) is 5.91 Å². The van der Waals surface area contributed by atoms with Crippen LogP contribution >= 0.6 is 23.5 Å². The Kier molecular flexibility index (Phi) is 10.9. The first-order valence-electron chi connectivity index (χ1n) is 11.5. The zero-order valence-corrected chi connectivity index (χ0v) is 23.2. The fourth-order valence-electron chi connectivity index (χ4n) is 3.54. The van der Waals surface area contributed by atoms with Gasteiger partial charge in [-0.3, -0.25) is 9.36 Å². The number of benzene rings is 2. The van der Waals surface area contributed by atoms with Crippen molar-refractivity contribution in [2.45, 2.75) is 48.0 Å². The summed E-state index contributed by atoms with van der Waals surface area (Å²) in [6.45, 7) is 13.2. The average Bonchev–Trinajstić information content (AvgIpc) is 2.79. The lowest BCUT2D eigenvalue weighted by Gasteiger charge is -2.22.